The van der Waals surface area contributed by atoms with Crippen LogP contribution in [0.5, 0.6) is 0 Å². The minimum absolute atomic E-state index is 0.0316. The first-order valence-corrected chi connectivity index (χ1v) is 5.82. The number of aromatic nitrogens is 2. The molecule has 6 nitrogen and oxygen atoms in total. The highest BCUT2D eigenvalue weighted by molar-refractivity contribution is 7.03. The van der Waals surface area contributed by atoms with E-state index in [-0.39, 0.29) is 5.69 Å². The average Bonchev–Trinajstić information content (AvgIpc) is 2.80. The number of hydrogen-bond acceptors (Lipinski definition) is 6. The molecule has 88 valence electrons. The molecule has 0 saturated carbocycles. The molecule has 0 atom stereocenters. The summed E-state index contributed by atoms with van der Waals surface area (Å²) in [6.45, 7) is 0.480. The van der Waals surface area contributed by atoms with Crippen LogP contribution < -0.4 is 5.32 Å². The SMILES string of the molecule is O=[N+]([O-])c1ccc(NCc2csnn2)c(Cl)c1. The van der Waals surface area contributed by atoms with E-state index in [1.165, 1.54) is 23.7 Å². The monoisotopic (exact) mass is 270 g/mol. The van der Waals surface area contributed by atoms with Gasteiger partial charge in [0.15, 0.2) is 0 Å². The second kappa shape index (κ2) is 5.07. The normalized spacial score (nSPS) is 10.2. The van der Waals surface area contributed by atoms with E-state index >= 15 is 0 Å². The van der Waals surface area contributed by atoms with Crippen LogP contribution in [0, 0.1) is 10.1 Å². The van der Waals surface area contributed by atoms with Gasteiger partial charge in [-0.2, -0.15) is 0 Å². The highest BCUT2D eigenvalue weighted by Crippen LogP contribution is 2.26. The summed E-state index contributed by atoms with van der Waals surface area (Å²) >= 11 is 7.18. The van der Waals surface area contributed by atoms with Crippen LogP contribution in [0.25, 0.3) is 0 Å². The first-order valence-electron chi connectivity index (χ1n) is 4.60. The van der Waals surface area contributed by atoms with Crippen LogP contribution in [0.1, 0.15) is 5.69 Å². The molecule has 2 rings (SSSR count). The zero-order chi connectivity index (χ0) is 12.3. The molecule has 17 heavy (non-hydrogen) atoms. The standard InChI is InChI=1S/C9H7ClN4O2S/c10-8-3-7(14(15)16)1-2-9(8)11-4-6-5-17-13-12-6/h1-3,5,11H,4H2. The zero-order valence-electron chi connectivity index (χ0n) is 8.46. The van der Waals surface area contributed by atoms with Crippen LogP contribution in [0.15, 0.2) is 23.6 Å². The van der Waals surface area contributed by atoms with Crippen molar-refractivity contribution in [2.45, 2.75) is 6.54 Å². The van der Waals surface area contributed by atoms with Crippen molar-refractivity contribution < 1.29 is 4.92 Å². The number of nitrogens with zero attached hydrogens (tertiary/aromatic N) is 3. The lowest BCUT2D eigenvalue weighted by atomic mass is 10.3. The van der Waals surface area contributed by atoms with Crippen LogP contribution in [-0.4, -0.2) is 14.5 Å². The zero-order valence-corrected chi connectivity index (χ0v) is 10.0. The molecule has 0 bridgehead atoms. The van der Waals surface area contributed by atoms with E-state index in [2.05, 4.69) is 14.9 Å². The molecule has 0 amide bonds. The molecular weight excluding hydrogens is 264 g/mol. The number of non-ortho nitro benzene ring substituents is 1. The molecule has 0 aliphatic carbocycles. The van der Waals surface area contributed by atoms with Crippen LogP contribution in [0.3, 0.4) is 0 Å². The Morgan fingerprint density at radius 2 is 2.35 bits per heavy atom. The third-order valence-corrected chi connectivity index (χ3v) is 2.89. The van der Waals surface area contributed by atoms with E-state index in [1.807, 2.05) is 5.38 Å². The highest BCUT2D eigenvalue weighted by atomic mass is 35.5. The molecule has 1 heterocycles. The van der Waals surface area contributed by atoms with E-state index in [4.69, 9.17) is 11.6 Å². The number of nitro benzene ring substituents is 1. The van der Waals surface area contributed by atoms with E-state index in [1.54, 1.807) is 6.07 Å². The van der Waals surface area contributed by atoms with Gasteiger partial charge in [-0.3, -0.25) is 10.1 Å². The van der Waals surface area contributed by atoms with Gasteiger partial charge in [0.05, 0.1) is 27.9 Å². The van der Waals surface area contributed by atoms with Crippen molar-refractivity contribution in [3.8, 4) is 0 Å². The number of anilines is 1. The summed E-state index contributed by atoms with van der Waals surface area (Å²) in [5.41, 5.74) is 1.39. The molecular formula is C9H7ClN4O2S. The van der Waals surface area contributed by atoms with Gasteiger partial charge in [0.25, 0.3) is 5.69 Å². The predicted octanol–water partition coefficient (Wildman–Crippen LogP) is 2.71. The smallest absolute Gasteiger partial charge is 0.271 e. The van der Waals surface area contributed by atoms with E-state index in [0.717, 1.165) is 5.69 Å². The molecule has 2 aromatic rings. The minimum atomic E-state index is -0.486. The molecule has 0 unspecified atom stereocenters. The second-order valence-corrected chi connectivity index (χ2v) is 4.19. The van der Waals surface area contributed by atoms with Gasteiger partial charge in [0.2, 0.25) is 0 Å². The average molecular weight is 271 g/mol. The topological polar surface area (TPSA) is 81.0 Å². The van der Waals surface area contributed by atoms with Crippen molar-refractivity contribution in [2.24, 2.45) is 0 Å². The summed E-state index contributed by atoms with van der Waals surface area (Å²) in [7, 11) is 0. The summed E-state index contributed by atoms with van der Waals surface area (Å²) in [5, 5.41) is 19.5. The fourth-order valence-corrected chi connectivity index (χ4v) is 1.90. The van der Waals surface area contributed by atoms with Crippen LogP contribution >= 0.6 is 23.1 Å². The Morgan fingerprint density at radius 3 is 2.94 bits per heavy atom. The van der Waals surface area contributed by atoms with Crippen molar-refractivity contribution in [3.05, 3.63) is 44.4 Å². The molecule has 0 saturated heterocycles. The molecule has 0 radical (unpaired) electrons. The Labute approximate surface area is 106 Å². The van der Waals surface area contributed by atoms with E-state index in [9.17, 15) is 10.1 Å². The van der Waals surface area contributed by atoms with Crippen molar-refractivity contribution in [1.82, 2.24) is 9.59 Å². The lowest BCUT2D eigenvalue weighted by Crippen LogP contribution is -2.00. The van der Waals surface area contributed by atoms with Crippen molar-refractivity contribution in [3.63, 3.8) is 0 Å². The maximum Gasteiger partial charge on any atom is 0.271 e. The molecule has 1 aromatic carbocycles. The van der Waals surface area contributed by atoms with Crippen LogP contribution in [-0.2, 0) is 6.54 Å². The van der Waals surface area contributed by atoms with Gasteiger partial charge < -0.3 is 5.32 Å². The van der Waals surface area contributed by atoms with Crippen LogP contribution in [0.4, 0.5) is 11.4 Å². The van der Waals surface area contributed by atoms with E-state index < -0.39 is 4.92 Å². The van der Waals surface area contributed by atoms with Crippen LogP contribution in [0.2, 0.25) is 5.02 Å². The maximum absolute atomic E-state index is 10.5. The van der Waals surface area contributed by atoms with Gasteiger partial charge in [-0.25, -0.2) is 0 Å². The molecule has 8 heteroatoms. The summed E-state index contributed by atoms with van der Waals surface area (Å²) < 4.78 is 3.72. The number of hydrogen-bond donors (Lipinski definition) is 1. The number of halogens is 1. The van der Waals surface area contributed by atoms with E-state index in [0.29, 0.717) is 17.3 Å². The Morgan fingerprint density at radius 1 is 1.53 bits per heavy atom. The predicted molar refractivity (Wildman–Crippen MR) is 65.3 cm³/mol. The quantitative estimate of drug-likeness (QED) is 0.682. The van der Waals surface area contributed by atoms with Gasteiger partial charge in [-0.05, 0) is 17.6 Å². The summed E-state index contributed by atoms with van der Waals surface area (Å²) in [4.78, 5) is 10.0. The molecule has 1 N–H and O–H groups in total. The highest BCUT2D eigenvalue weighted by Gasteiger charge is 2.09. The van der Waals surface area contributed by atoms with Gasteiger partial charge in [-0.15, -0.1) is 5.10 Å². The fourth-order valence-electron chi connectivity index (χ4n) is 1.21. The summed E-state index contributed by atoms with van der Waals surface area (Å²) in [6, 6.07) is 4.27. The van der Waals surface area contributed by atoms with Gasteiger partial charge in [-0.1, -0.05) is 16.1 Å². The second-order valence-electron chi connectivity index (χ2n) is 3.17. The summed E-state index contributed by atoms with van der Waals surface area (Å²) in [6.07, 6.45) is 0. The summed E-state index contributed by atoms with van der Waals surface area (Å²) in [5.74, 6) is 0. The number of benzene rings is 1. The minimum Gasteiger partial charge on any atom is -0.378 e. The Hall–Kier alpha value is -1.73. The molecule has 0 fully saturated rings. The first kappa shape index (κ1) is 11.7. The van der Waals surface area contributed by atoms with Crippen molar-refractivity contribution in [1.29, 1.82) is 0 Å². The van der Waals surface area contributed by atoms with Crippen molar-refractivity contribution >= 4 is 34.5 Å². The molecule has 1 aromatic heterocycles. The number of rotatable bonds is 4. The number of nitrogens with one attached hydrogen (secondary N) is 1. The third-order valence-electron chi connectivity index (χ3n) is 2.03. The number of nitro groups is 1. The Kier molecular flexibility index (Phi) is 3.50. The Bertz CT molecular complexity index is 532. The first-order chi connectivity index (χ1) is 8.16. The third kappa shape index (κ3) is 2.89. The molecule has 0 spiro atoms. The van der Waals surface area contributed by atoms with Crippen molar-refractivity contribution in [2.75, 3.05) is 5.32 Å². The fraction of sp³-hybridized carbons (Fsp3) is 0.111. The maximum atomic E-state index is 10.5. The molecule has 0 aliphatic rings. The molecule has 0 aliphatic heterocycles. The Balaban J connectivity index is 2.09. The van der Waals surface area contributed by atoms with Gasteiger partial charge in [0, 0.05) is 17.5 Å². The largest absolute Gasteiger partial charge is 0.378 e. The lowest BCUT2D eigenvalue weighted by Gasteiger charge is -2.05. The van der Waals surface area contributed by atoms with Gasteiger partial charge >= 0.3 is 0 Å². The van der Waals surface area contributed by atoms with Gasteiger partial charge in [0.1, 0.15) is 0 Å². The lowest BCUT2D eigenvalue weighted by molar-refractivity contribution is -0.384.